The van der Waals surface area contributed by atoms with Crippen molar-refractivity contribution in [2.45, 2.75) is 88.8 Å². The zero-order valence-corrected chi connectivity index (χ0v) is 35.9. The molecule has 0 radical (unpaired) electrons. The van der Waals surface area contributed by atoms with E-state index in [9.17, 15) is 28.0 Å². The number of imidazole rings is 1. The van der Waals surface area contributed by atoms with Crippen LogP contribution in [0, 0.1) is 11.8 Å². The SMILES string of the molecule is Cn1c(=O)n(C2CCC(=O)NC2=O)c2cccc(CCCN3CCO[C@@H](CNC[C@H]4CC[C@H](n5cc(NC(=O)c6coc(-c7ccnc(NCC8CC8)c7)n6)c(C(F)F)n5)CC4)C3)c21. The number of hydrogen-bond donors (Lipinski definition) is 4. The van der Waals surface area contributed by atoms with Gasteiger partial charge in [-0.3, -0.25) is 38.4 Å². The number of hydrogen-bond acceptors (Lipinski definition) is 12. The Hall–Kier alpha value is -5.79. The number of fused-ring (bicyclic) bond motifs is 1. The van der Waals surface area contributed by atoms with Crippen LogP contribution < -0.4 is 27.0 Å². The number of nitrogens with zero attached hydrogens (tertiary/aromatic N) is 7. The first-order valence-electron chi connectivity index (χ1n) is 22.5. The van der Waals surface area contributed by atoms with E-state index in [1.54, 1.807) is 34.6 Å². The van der Waals surface area contributed by atoms with Crippen LogP contribution in [0.15, 0.2) is 58.2 Å². The summed E-state index contributed by atoms with van der Waals surface area (Å²) < 4.78 is 44.8. The van der Waals surface area contributed by atoms with E-state index >= 15 is 0 Å². The summed E-state index contributed by atoms with van der Waals surface area (Å²) in [7, 11) is 1.73. The van der Waals surface area contributed by atoms with Gasteiger partial charge in [-0.25, -0.2) is 23.5 Å². The van der Waals surface area contributed by atoms with Gasteiger partial charge >= 0.3 is 5.69 Å². The summed E-state index contributed by atoms with van der Waals surface area (Å²) in [6.07, 6.45) is 9.46. The first kappa shape index (κ1) is 43.5. The summed E-state index contributed by atoms with van der Waals surface area (Å²) in [6, 6.07) is 8.57. The zero-order valence-electron chi connectivity index (χ0n) is 35.9. The normalized spacial score (nSPS) is 22.0. The summed E-state index contributed by atoms with van der Waals surface area (Å²) in [5.74, 6) is 0.586. The van der Waals surface area contributed by atoms with Crippen molar-refractivity contribution in [3.8, 4) is 11.5 Å². The number of carbonyl (C=O) groups excluding carboxylic acids is 3. The van der Waals surface area contributed by atoms with Gasteiger partial charge in [0.05, 0.1) is 35.5 Å². The Balaban J connectivity index is 0.718. The summed E-state index contributed by atoms with van der Waals surface area (Å²) in [5.41, 5.74) is 2.38. The van der Waals surface area contributed by atoms with E-state index in [2.05, 4.69) is 41.2 Å². The van der Waals surface area contributed by atoms with Gasteiger partial charge in [0.2, 0.25) is 17.7 Å². The van der Waals surface area contributed by atoms with Crippen LogP contribution >= 0.6 is 0 Å². The van der Waals surface area contributed by atoms with Crippen molar-refractivity contribution in [3.05, 3.63) is 76.4 Å². The van der Waals surface area contributed by atoms with Crippen LogP contribution in [0.25, 0.3) is 22.5 Å². The molecule has 1 aromatic carbocycles. The first-order chi connectivity index (χ1) is 31.1. The van der Waals surface area contributed by atoms with Gasteiger partial charge in [0, 0.05) is 57.6 Å². The fourth-order valence-electron chi connectivity index (χ4n) is 9.39. The zero-order chi connectivity index (χ0) is 44.3. The van der Waals surface area contributed by atoms with E-state index in [0.717, 1.165) is 88.9 Å². The number of aryl methyl sites for hydroxylation is 2. The maximum atomic E-state index is 14.2. The molecule has 19 heteroatoms. The second-order valence-electron chi connectivity index (χ2n) is 17.6. The summed E-state index contributed by atoms with van der Waals surface area (Å²) >= 11 is 0. The van der Waals surface area contributed by atoms with Gasteiger partial charge in [-0.2, -0.15) is 5.10 Å². The number of rotatable bonds is 17. The minimum Gasteiger partial charge on any atom is -0.444 e. The van der Waals surface area contributed by atoms with Gasteiger partial charge in [0.1, 0.15) is 18.1 Å². The van der Waals surface area contributed by atoms with Crippen LogP contribution in [0.4, 0.5) is 20.3 Å². The standard InChI is InChI=1S/C45H55F2N11O6/c1-55-40-29(4-2-6-35(40)58(45(55)62)36-13-14-38(59)53-43(36)61)5-3-17-56-18-19-63-32(24-56)23-48-21-27-9-11-31(12-10-27)57-25-33(39(54-57)41(46)47)51-42(60)34-26-64-44(52-34)30-15-16-49-37(20-30)50-22-28-7-8-28/h2,4,6,15-16,20,25-28,31-32,36,41,48H,3,5,7-14,17-19,21-24H2,1H3,(H,49,50)(H,51,60)(H,53,59,61)/t27-,31-,32-,36?/m0/s1. The van der Waals surface area contributed by atoms with Crippen LogP contribution in [0.2, 0.25) is 0 Å². The number of imide groups is 1. The molecule has 2 saturated heterocycles. The Morgan fingerprint density at radius 2 is 1.83 bits per heavy atom. The molecule has 2 aliphatic carbocycles. The third-order valence-corrected chi connectivity index (χ3v) is 13.1. The molecular weight excluding hydrogens is 829 g/mol. The van der Waals surface area contributed by atoms with Gasteiger partial charge in [0.25, 0.3) is 12.3 Å². The maximum absolute atomic E-state index is 14.2. The molecule has 0 spiro atoms. The van der Waals surface area contributed by atoms with Crippen LogP contribution in [-0.4, -0.2) is 103 Å². The lowest BCUT2D eigenvalue weighted by Crippen LogP contribution is -2.47. The summed E-state index contributed by atoms with van der Waals surface area (Å²) in [4.78, 5) is 62.0. The van der Waals surface area contributed by atoms with E-state index in [4.69, 9.17) is 9.15 Å². The molecule has 6 heterocycles. The molecule has 64 heavy (non-hydrogen) atoms. The minimum absolute atomic E-state index is 0.0342. The molecule has 2 atom stereocenters. The number of nitrogens with one attached hydrogen (secondary N) is 4. The van der Waals surface area contributed by atoms with Gasteiger partial charge in [0.15, 0.2) is 11.4 Å². The van der Waals surface area contributed by atoms with E-state index < -0.39 is 30.0 Å². The predicted octanol–water partition coefficient (Wildman–Crippen LogP) is 5.23. The van der Waals surface area contributed by atoms with Crippen molar-refractivity contribution in [2.75, 3.05) is 56.5 Å². The van der Waals surface area contributed by atoms with Crippen molar-refractivity contribution >= 4 is 40.3 Å². The van der Waals surface area contributed by atoms with E-state index in [0.29, 0.717) is 41.8 Å². The van der Waals surface area contributed by atoms with Crippen molar-refractivity contribution < 1.29 is 32.3 Å². The number of amides is 3. The predicted molar refractivity (Wildman–Crippen MR) is 233 cm³/mol. The third-order valence-electron chi connectivity index (χ3n) is 13.1. The smallest absolute Gasteiger partial charge is 0.329 e. The van der Waals surface area contributed by atoms with Crippen LogP contribution in [-0.2, 0) is 27.8 Å². The Morgan fingerprint density at radius 1 is 1.02 bits per heavy atom. The minimum atomic E-state index is -2.88. The Labute approximate surface area is 368 Å². The molecule has 9 rings (SSSR count). The Bertz CT molecular complexity index is 2540. The molecule has 17 nitrogen and oxygen atoms in total. The molecule has 5 aromatic rings. The molecule has 4 N–H and O–H groups in total. The molecule has 2 saturated carbocycles. The number of pyridine rings is 1. The number of benzene rings is 1. The number of carbonyl (C=O) groups is 3. The van der Waals surface area contributed by atoms with Crippen LogP contribution in [0.5, 0.6) is 0 Å². The number of halogens is 2. The maximum Gasteiger partial charge on any atom is 0.329 e. The number of anilines is 2. The fourth-order valence-corrected chi connectivity index (χ4v) is 9.39. The number of para-hydroxylation sites is 1. The third kappa shape index (κ3) is 9.80. The topological polar surface area (TPSA) is 195 Å². The van der Waals surface area contributed by atoms with E-state index in [1.165, 1.54) is 29.9 Å². The van der Waals surface area contributed by atoms with Gasteiger partial charge in [-0.15, -0.1) is 0 Å². The highest BCUT2D eigenvalue weighted by Crippen LogP contribution is 2.35. The number of oxazole rings is 1. The van der Waals surface area contributed by atoms with Crippen molar-refractivity contribution in [3.63, 3.8) is 0 Å². The molecule has 4 fully saturated rings. The van der Waals surface area contributed by atoms with Crippen LogP contribution in [0.1, 0.15) is 98.0 Å². The second-order valence-corrected chi connectivity index (χ2v) is 17.6. The van der Waals surface area contributed by atoms with Gasteiger partial charge in [-0.05, 0) is 106 Å². The quantitative estimate of drug-likeness (QED) is 0.0890. The first-order valence-corrected chi connectivity index (χ1v) is 22.5. The molecule has 1 unspecified atom stereocenters. The lowest BCUT2D eigenvalue weighted by molar-refractivity contribution is -0.135. The molecule has 4 aromatic heterocycles. The average Bonchev–Trinajstić information content (AvgIpc) is 3.70. The molecular formula is C45H55F2N11O6. The fraction of sp³-hybridized carbons (Fsp3) is 0.533. The van der Waals surface area contributed by atoms with Crippen molar-refractivity contribution in [1.29, 1.82) is 0 Å². The van der Waals surface area contributed by atoms with Crippen molar-refractivity contribution in [2.24, 2.45) is 18.9 Å². The van der Waals surface area contributed by atoms with Crippen LogP contribution in [0.3, 0.4) is 0 Å². The molecule has 2 aliphatic heterocycles. The largest absolute Gasteiger partial charge is 0.444 e. The lowest BCUT2D eigenvalue weighted by atomic mass is 9.86. The number of aromatic nitrogens is 6. The number of piperidine rings is 1. The number of ether oxygens (including phenoxy) is 1. The Morgan fingerprint density at radius 3 is 2.62 bits per heavy atom. The highest BCUT2D eigenvalue weighted by molar-refractivity contribution is 6.03. The number of alkyl halides is 2. The molecule has 0 bridgehead atoms. The molecule has 4 aliphatic rings. The highest BCUT2D eigenvalue weighted by atomic mass is 19.3. The summed E-state index contributed by atoms with van der Waals surface area (Å²) in [6.45, 7) is 5.56. The lowest BCUT2D eigenvalue weighted by Gasteiger charge is -2.34. The Kier molecular flexibility index (Phi) is 13.0. The molecule has 340 valence electrons. The van der Waals surface area contributed by atoms with Crippen molar-refractivity contribution in [1.82, 2.24) is 44.4 Å². The van der Waals surface area contributed by atoms with Gasteiger partial charge in [-0.1, -0.05) is 12.1 Å². The van der Waals surface area contributed by atoms with E-state index in [-0.39, 0.29) is 47.4 Å². The monoisotopic (exact) mass is 883 g/mol. The summed E-state index contributed by atoms with van der Waals surface area (Å²) in [5, 5.41) is 16.1. The number of morpholine rings is 1. The van der Waals surface area contributed by atoms with E-state index in [1.807, 2.05) is 18.2 Å². The molecule has 3 amide bonds. The van der Waals surface area contributed by atoms with Gasteiger partial charge < -0.3 is 25.1 Å². The average molecular weight is 884 g/mol. The highest BCUT2D eigenvalue weighted by Gasteiger charge is 2.32. The second kappa shape index (κ2) is 19.1.